The van der Waals surface area contributed by atoms with E-state index in [1.54, 1.807) is 12.1 Å². The highest BCUT2D eigenvalue weighted by Gasteiger charge is 2.38. The molecule has 2 N–H and O–H groups in total. The van der Waals surface area contributed by atoms with Crippen LogP contribution in [-0.2, 0) is 10.0 Å². The fraction of sp³-hybridized carbons (Fsp3) is 0.632. The van der Waals surface area contributed by atoms with Gasteiger partial charge in [-0.15, -0.1) is 12.4 Å². The largest absolute Gasteiger partial charge is 0.339 e. The Morgan fingerprint density at radius 3 is 2.37 bits per heavy atom. The van der Waals surface area contributed by atoms with E-state index in [0.29, 0.717) is 11.0 Å². The van der Waals surface area contributed by atoms with Crippen molar-refractivity contribution in [2.75, 3.05) is 26.2 Å². The first kappa shape index (κ1) is 22.1. The van der Waals surface area contributed by atoms with E-state index >= 15 is 0 Å². The molecule has 1 unspecified atom stereocenters. The minimum atomic E-state index is -3.54. The third-order valence-corrected chi connectivity index (χ3v) is 7.43. The molecule has 2 aliphatic heterocycles. The topological polar surface area (TPSA) is 78.5 Å². The lowest BCUT2D eigenvalue weighted by molar-refractivity contribution is 0.0607. The lowest BCUT2D eigenvalue weighted by Gasteiger charge is -2.38. The number of hydrogen-bond donors (Lipinski definition) is 2. The summed E-state index contributed by atoms with van der Waals surface area (Å²) < 4.78 is 27.3. The zero-order valence-electron chi connectivity index (χ0n) is 16.0. The van der Waals surface area contributed by atoms with E-state index in [0.717, 1.165) is 45.4 Å². The van der Waals surface area contributed by atoms with Gasteiger partial charge in [0.15, 0.2) is 0 Å². The summed E-state index contributed by atoms with van der Waals surface area (Å²) in [7, 11) is -3.54. The van der Waals surface area contributed by atoms with E-state index in [2.05, 4.69) is 10.0 Å². The summed E-state index contributed by atoms with van der Waals surface area (Å²) >= 11 is 0. The molecule has 6 nitrogen and oxygen atoms in total. The van der Waals surface area contributed by atoms with E-state index in [9.17, 15) is 13.2 Å². The summed E-state index contributed by atoms with van der Waals surface area (Å²) in [5.41, 5.74) is 0.920. The molecule has 1 aromatic carbocycles. The SMILES string of the molecule is CCC(C)NS(=O)(=O)c1ccc(C(=O)N2CCC3(CCNC3)CC2)cc1.Cl. The zero-order chi connectivity index (χ0) is 18.8. The molecule has 2 saturated heterocycles. The molecular formula is C19H30ClN3O3S. The van der Waals surface area contributed by atoms with Crippen molar-refractivity contribution in [3.05, 3.63) is 29.8 Å². The molecule has 152 valence electrons. The smallest absolute Gasteiger partial charge is 0.253 e. The Morgan fingerprint density at radius 1 is 1.22 bits per heavy atom. The fourth-order valence-corrected chi connectivity index (χ4v) is 5.11. The van der Waals surface area contributed by atoms with Crippen molar-refractivity contribution in [2.24, 2.45) is 5.41 Å². The fourth-order valence-electron chi connectivity index (χ4n) is 3.78. The molecule has 1 atom stereocenters. The predicted octanol–water partition coefficient (Wildman–Crippen LogP) is 2.40. The molecule has 3 rings (SSSR count). The third-order valence-electron chi connectivity index (χ3n) is 5.82. The van der Waals surface area contributed by atoms with E-state index in [4.69, 9.17) is 0 Å². The van der Waals surface area contributed by atoms with E-state index in [-0.39, 0.29) is 29.3 Å². The highest BCUT2D eigenvalue weighted by molar-refractivity contribution is 7.89. The van der Waals surface area contributed by atoms with Gasteiger partial charge in [-0.2, -0.15) is 0 Å². The molecule has 2 heterocycles. The summed E-state index contributed by atoms with van der Waals surface area (Å²) in [5.74, 6) is -0.00959. The Morgan fingerprint density at radius 2 is 1.85 bits per heavy atom. The zero-order valence-corrected chi connectivity index (χ0v) is 17.7. The van der Waals surface area contributed by atoms with Crippen LogP contribution in [0.15, 0.2) is 29.2 Å². The van der Waals surface area contributed by atoms with Crippen LogP contribution < -0.4 is 10.0 Å². The summed E-state index contributed by atoms with van der Waals surface area (Å²) in [5, 5.41) is 3.43. The molecule has 27 heavy (non-hydrogen) atoms. The quantitative estimate of drug-likeness (QED) is 0.774. The number of benzene rings is 1. The molecule has 0 bridgehead atoms. The Kier molecular flexibility index (Phi) is 7.30. The average molecular weight is 416 g/mol. The molecular weight excluding hydrogens is 386 g/mol. The molecule has 2 fully saturated rings. The van der Waals surface area contributed by atoms with Crippen molar-refractivity contribution in [3.63, 3.8) is 0 Å². The highest BCUT2D eigenvalue weighted by atomic mass is 35.5. The first-order chi connectivity index (χ1) is 12.4. The molecule has 1 aromatic rings. The maximum Gasteiger partial charge on any atom is 0.253 e. The van der Waals surface area contributed by atoms with Crippen LogP contribution in [0.5, 0.6) is 0 Å². The van der Waals surface area contributed by atoms with Crippen molar-refractivity contribution in [1.82, 2.24) is 14.9 Å². The van der Waals surface area contributed by atoms with Crippen LogP contribution in [0.1, 0.15) is 49.9 Å². The van der Waals surface area contributed by atoms with E-state index < -0.39 is 10.0 Å². The average Bonchev–Trinajstić information content (AvgIpc) is 3.09. The van der Waals surface area contributed by atoms with Crippen LogP contribution in [-0.4, -0.2) is 51.4 Å². The number of piperidine rings is 1. The van der Waals surface area contributed by atoms with Gasteiger partial charge in [-0.3, -0.25) is 4.79 Å². The number of carbonyl (C=O) groups excluding carboxylic acids is 1. The van der Waals surface area contributed by atoms with Crippen LogP contribution >= 0.6 is 12.4 Å². The molecule has 8 heteroatoms. The molecule has 0 aliphatic carbocycles. The second-order valence-corrected chi connectivity index (χ2v) is 9.39. The Hall–Kier alpha value is -1.15. The normalized spacial score (nSPS) is 20.3. The Balaban J connectivity index is 0.00000261. The second kappa shape index (κ2) is 8.90. The van der Waals surface area contributed by atoms with Gasteiger partial charge in [0.2, 0.25) is 10.0 Å². The number of sulfonamides is 1. The Bertz CT molecular complexity index is 736. The number of nitrogens with one attached hydrogen (secondary N) is 2. The standard InChI is InChI=1S/C19H29N3O3S.ClH/c1-3-15(2)21-26(24,25)17-6-4-16(5-7-17)18(23)22-12-9-19(10-13-22)8-11-20-14-19;/h4-7,15,20-21H,3,8-14H2,1-2H3;1H. The molecule has 0 radical (unpaired) electrons. The van der Waals surface area contributed by atoms with Gasteiger partial charge in [-0.05, 0) is 68.8 Å². The molecule has 1 spiro atoms. The van der Waals surface area contributed by atoms with E-state index in [1.165, 1.54) is 18.6 Å². The summed E-state index contributed by atoms with van der Waals surface area (Å²) in [4.78, 5) is 14.8. The predicted molar refractivity (Wildman–Crippen MR) is 109 cm³/mol. The maximum absolute atomic E-state index is 12.7. The third kappa shape index (κ3) is 5.02. The van der Waals surface area contributed by atoms with Crippen LogP contribution in [0.4, 0.5) is 0 Å². The van der Waals surface area contributed by atoms with Gasteiger partial charge in [-0.1, -0.05) is 6.92 Å². The highest BCUT2D eigenvalue weighted by Crippen LogP contribution is 2.37. The molecule has 0 aromatic heterocycles. The van der Waals surface area contributed by atoms with Gasteiger partial charge in [0.1, 0.15) is 0 Å². The van der Waals surface area contributed by atoms with Crippen molar-refractivity contribution >= 4 is 28.3 Å². The lowest BCUT2D eigenvalue weighted by Crippen LogP contribution is -2.44. The van der Waals surface area contributed by atoms with Crippen LogP contribution in [0, 0.1) is 5.41 Å². The molecule has 1 amide bonds. The first-order valence-corrected chi connectivity index (χ1v) is 11.0. The van der Waals surface area contributed by atoms with Crippen molar-refractivity contribution in [1.29, 1.82) is 0 Å². The summed E-state index contributed by atoms with van der Waals surface area (Å²) in [6.45, 7) is 7.45. The van der Waals surface area contributed by atoms with Crippen LogP contribution in [0.25, 0.3) is 0 Å². The second-order valence-electron chi connectivity index (χ2n) is 7.67. The number of hydrogen-bond acceptors (Lipinski definition) is 4. The number of halogens is 1. The minimum Gasteiger partial charge on any atom is -0.339 e. The van der Waals surface area contributed by atoms with Gasteiger partial charge >= 0.3 is 0 Å². The number of amides is 1. The molecule has 0 saturated carbocycles. The minimum absolute atomic E-state index is 0. The van der Waals surface area contributed by atoms with Crippen molar-refractivity contribution < 1.29 is 13.2 Å². The van der Waals surface area contributed by atoms with Gasteiger partial charge in [-0.25, -0.2) is 13.1 Å². The Labute approximate surface area is 168 Å². The molecule has 2 aliphatic rings. The van der Waals surface area contributed by atoms with Crippen molar-refractivity contribution in [3.8, 4) is 0 Å². The number of likely N-dealkylation sites (tertiary alicyclic amines) is 1. The van der Waals surface area contributed by atoms with Crippen molar-refractivity contribution in [2.45, 2.75) is 50.5 Å². The number of nitrogens with zero attached hydrogens (tertiary/aromatic N) is 1. The van der Waals surface area contributed by atoms with Gasteiger partial charge < -0.3 is 10.2 Å². The lowest BCUT2D eigenvalue weighted by atomic mass is 9.78. The number of carbonyl (C=O) groups is 1. The van der Waals surface area contributed by atoms with Crippen LogP contribution in [0.2, 0.25) is 0 Å². The van der Waals surface area contributed by atoms with Gasteiger partial charge in [0.25, 0.3) is 5.91 Å². The van der Waals surface area contributed by atoms with E-state index in [1.807, 2.05) is 18.7 Å². The maximum atomic E-state index is 12.7. The monoisotopic (exact) mass is 415 g/mol. The summed E-state index contributed by atoms with van der Waals surface area (Å²) in [6.07, 6.45) is 4.00. The summed E-state index contributed by atoms with van der Waals surface area (Å²) in [6, 6.07) is 6.16. The first-order valence-electron chi connectivity index (χ1n) is 9.48. The van der Waals surface area contributed by atoms with Gasteiger partial charge in [0, 0.05) is 31.2 Å². The van der Waals surface area contributed by atoms with Crippen LogP contribution in [0.3, 0.4) is 0 Å². The number of rotatable bonds is 5. The van der Waals surface area contributed by atoms with Gasteiger partial charge in [0.05, 0.1) is 4.90 Å².